The van der Waals surface area contributed by atoms with Crippen molar-refractivity contribution < 1.29 is 4.42 Å². The molecule has 0 aromatic carbocycles. The first-order valence-electron chi connectivity index (χ1n) is 4.98. The predicted octanol–water partition coefficient (Wildman–Crippen LogP) is 0.901. The number of hydrogen-bond acceptors (Lipinski definition) is 5. The van der Waals surface area contributed by atoms with Gasteiger partial charge in [0.05, 0.1) is 6.26 Å². The van der Waals surface area contributed by atoms with Gasteiger partial charge in [0, 0.05) is 17.0 Å². The lowest BCUT2D eigenvalue weighted by molar-refractivity contribution is 0.535. The van der Waals surface area contributed by atoms with Crippen LogP contribution in [0.2, 0.25) is 0 Å². The van der Waals surface area contributed by atoms with Gasteiger partial charge < -0.3 is 4.42 Å². The lowest BCUT2D eigenvalue weighted by Gasteiger charge is -2.21. The summed E-state index contributed by atoms with van der Waals surface area (Å²) < 4.78 is 5.57. The fourth-order valence-electron chi connectivity index (χ4n) is 1.51. The second-order valence-electron chi connectivity index (χ2n) is 4.14. The standard InChI is InChI=1S/C10H12N2O3S2/c1-10(17,5-16)4-12-8(13)6-2-3-15-7(6)11-9(12)14/h2-3,16-17H,4-5H2,1H3,(H,11,14)/t10-/m1/s1. The molecule has 7 heteroatoms. The maximum absolute atomic E-state index is 12.0. The lowest BCUT2D eigenvalue weighted by atomic mass is 10.2. The van der Waals surface area contributed by atoms with Crippen molar-refractivity contribution in [2.75, 3.05) is 5.75 Å². The highest BCUT2D eigenvalue weighted by Gasteiger charge is 2.21. The summed E-state index contributed by atoms with van der Waals surface area (Å²) in [7, 11) is 0. The summed E-state index contributed by atoms with van der Waals surface area (Å²) in [4.78, 5) is 26.3. The van der Waals surface area contributed by atoms with Gasteiger partial charge >= 0.3 is 5.69 Å². The number of thiol groups is 2. The zero-order valence-electron chi connectivity index (χ0n) is 9.14. The topological polar surface area (TPSA) is 68.0 Å². The van der Waals surface area contributed by atoms with Crippen LogP contribution in [0, 0.1) is 0 Å². The van der Waals surface area contributed by atoms with Gasteiger partial charge in [-0.05, 0) is 13.0 Å². The molecule has 0 aliphatic heterocycles. The summed E-state index contributed by atoms with van der Waals surface area (Å²) in [5.41, 5.74) is -0.679. The third-order valence-corrected chi connectivity index (χ3v) is 3.69. The van der Waals surface area contributed by atoms with Crippen molar-refractivity contribution in [3.63, 3.8) is 0 Å². The van der Waals surface area contributed by atoms with Crippen LogP contribution in [0.25, 0.3) is 11.1 Å². The summed E-state index contributed by atoms with van der Waals surface area (Å²) in [6, 6.07) is 1.53. The minimum Gasteiger partial charge on any atom is -0.448 e. The van der Waals surface area contributed by atoms with Crippen LogP contribution in [0.3, 0.4) is 0 Å². The molecule has 2 heterocycles. The first kappa shape index (κ1) is 12.4. The highest BCUT2D eigenvalue weighted by molar-refractivity contribution is 7.85. The molecule has 0 aliphatic rings. The summed E-state index contributed by atoms with van der Waals surface area (Å²) in [5.74, 6) is 0.450. The van der Waals surface area contributed by atoms with Crippen LogP contribution in [0.4, 0.5) is 0 Å². The number of rotatable bonds is 3. The Labute approximate surface area is 108 Å². The Kier molecular flexibility index (Phi) is 3.13. The minimum atomic E-state index is -0.530. The van der Waals surface area contributed by atoms with Crippen LogP contribution in [-0.4, -0.2) is 20.1 Å². The van der Waals surface area contributed by atoms with Gasteiger partial charge in [-0.2, -0.15) is 25.3 Å². The largest absolute Gasteiger partial charge is 0.448 e. The van der Waals surface area contributed by atoms with E-state index >= 15 is 0 Å². The average Bonchev–Trinajstić information content (AvgIpc) is 2.72. The zero-order chi connectivity index (χ0) is 12.6. The second kappa shape index (κ2) is 4.30. The number of H-pyrrole nitrogens is 1. The highest BCUT2D eigenvalue weighted by Crippen LogP contribution is 2.16. The Hall–Kier alpha value is -1.08. The van der Waals surface area contributed by atoms with E-state index in [1.807, 2.05) is 6.92 Å². The average molecular weight is 272 g/mol. The molecule has 1 N–H and O–H groups in total. The molecule has 92 valence electrons. The first-order valence-corrected chi connectivity index (χ1v) is 6.06. The number of furan rings is 1. The van der Waals surface area contributed by atoms with E-state index in [-0.39, 0.29) is 17.8 Å². The van der Waals surface area contributed by atoms with E-state index in [1.54, 1.807) is 0 Å². The van der Waals surface area contributed by atoms with E-state index in [9.17, 15) is 9.59 Å². The van der Waals surface area contributed by atoms with Crippen molar-refractivity contribution in [2.24, 2.45) is 0 Å². The van der Waals surface area contributed by atoms with E-state index in [0.717, 1.165) is 4.57 Å². The third-order valence-electron chi connectivity index (χ3n) is 2.45. The van der Waals surface area contributed by atoms with Gasteiger partial charge in [-0.25, -0.2) is 4.79 Å². The molecule has 1 atom stereocenters. The van der Waals surface area contributed by atoms with Crippen molar-refractivity contribution in [1.29, 1.82) is 0 Å². The molecular weight excluding hydrogens is 260 g/mol. The molecule has 2 aromatic heterocycles. The van der Waals surface area contributed by atoms with Crippen molar-refractivity contribution in [2.45, 2.75) is 18.2 Å². The van der Waals surface area contributed by atoms with Gasteiger partial charge in [-0.15, -0.1) is 0 Å². The summed E-state index contributed by atoms with van der Waals surface area (Å²) in [6.07, 6.45) is 1.37. The minimum absolute atomic E-state index is 0.189. The molecule has 0 amide bonds. The molecule has 5 nitrogen and oxygen atoms in total. The van der Waals surface area contributed by atoms with Gasteiger partial charge in [0.1, 0.15) is 5.39 Å². The smallest absolute Gasteiger partial charge is 0.331 e. The predicted molar refractivity (Wildman–Crippen MR) is 72.3 cm³/mol. The molecule has 0 radical (unpaired) electrons. The normalized spacial score (nSPS) is 15.0. The second-order valence-corrected chi connectivity index (χ2v) is 5.54. The molecule has 0 spiro atoms. The number of aromatic amines is 1. The van der Waals surface area contributed by atoms with Crippen molar-refractivity contribution >= 4 is 36.4 Å². The van der Waals surface area contributed by atoms with Crippen LogP contribution in [0.15, 0.2) is 26.3 Å². The maximum atomic E-state index is 12.0. The quantitative estimate of drug-likeness (QED) is 0.727. The van der Waals surface area contributed by atoms with Gasteiger partial charge in [-0.3, -0.25) is 14.3 Å². The number of nitrogens with one attached hydrogen (secondary N) is 1. The molecule has 2 aromatic rings. The highest BCUT2D eigenvalue weighted by atomic mass is 32.1. The van der Waals surface area contributed by atoms with Crippen LogP contribution in [-0.2, 0) is 6.54 Å². The van der Waals surface area contributed by atoms with Crippen LogP contribution < -0.4 is 11.2 Å². The third kappa shape index (κ3) is 2.30. The molecule has 17 heavy (non-hydrogen) atoms. The number of fused-ring (bicyclic) bond motifs is 1. The Morgan fingerprint density at radius 3 is 2.88 bits per heavy atom. The van der Waals surface area contributed by atoms with E-state index in [4.69, 9.17) is 4.42 Å². The molecule has 0 unspecified atom stereocenters. The monoisotopic (exact) mass is 272 g/mol. The SMILES string of the molecule is C[C@](S)(CS)Cn1c(=O)[nH]c2occc2c1=O. The number of hydrogen-bond donors (Lipinski definition) is 3. The summed E-state index contributed by atoms with van der Waals surface area (Å²) in [6.45, 7) is 2.00. The van der Waals surface area contributed by atoms with Gasteiger partial charge in [0.15, 0.2) is 0 Å². The number of nitrogens with zero attached hydrogens (tertiary/aromatic N) is 1. The fourth-order valence-corrected chi connectivity index (χ4v) is 1.75. The van der Waals surface area contributed by atoms with Gasteiger partial charge in [-0.1, -0.05) is 0 Å². The van der Waals surface area contributed by atoms with Crippen molar-refractivity contribution in [1.82, 2.24) is 9.55 Å². The number of aromatic nitrogens is 2. The first-order chi connectivity index (χ1) is 7.94. The summed E-state index contributed by atoms with van der Waals surface area (Å²) >= 11 is 8.50. The summed E-state index contributed by atoms with van der Waals surface area (Å²) in [5, 5.41) is 0.355. The van der Waals surface area contributed by atoms with Crippen LogP contribution >= 0.6 is 25.3 Å². The van der Waals surface area contributed by atoms with E-state index in [2.05, 4.69) is 30.2 Å². The zero-order valence-corrected chi connectivity index (χ0v) is 10.9. The van der Waals surface area contributed by atoms with Crippen molar-refractivity contribution in [3.05, 3.63) is 33.2 Å². The Bertz CT molecular complexity index is 653. The maximum Gasteiger partial charge on any atom is 0.331 e. The molecule has 0 saturated heterocycles. The van der Waals surface area contributed by atoms with Crippen LogP contribution in [0.1, 0.15) is 6.92 Å². The molecular formula is C10H12N2O3S2. The van der Waals surface area contributed by atoms with E-state index < -0.39 is 10.4 Å². The Balaban J connectivity index is 2.62. The van der Waals surface area contributed by atoms with E-state index in [1.165, 1.54) is 12.3 Å². The molecule has 0 fully saturated rings. The van der Waals surface area contributed by atoms with E-state index in [0.29, 0.717) is 11.1 Å². The van der Waals surface area contributed by atoms with Crippen LogP contribution in [0.5, 0.6) is 0 Å². The molecule has 0 aliphatic carbocycles. The molecule has 0 saturated carbocycles. The van der Waals surface area contributed by atoms with Crippen molar-refractivity contribution in [3.8, 4) is 0 Å². The van der Waals surface area contributed by atoms with Gasteiger partial charge in [0.2, 0.25) is 5.71 Å². The molecule has 0 bridgehead atoms. The molecule has 2 rings (SSSR count). The van der Waals surface area contributed by atoms with Gasteiger partial charge in [0.25, 0.3) is 5.56 Å². The lowest BCUT2D eigenvalue weighted by Crippen LogP contribution is -2.41. The Morgan fingerprint density at radius 2 is 2.24 bits per heavy atom. The Morgan fingerprint density at radius 1 is 1.53 bits per heavy atom. The fraction of sp³-hybridized carbons (Fsp3) is 0.400.